The fraction of sp³-hybridized carbons (Fsp3) is 0.312. The number of pyridine rings is 1. The predicted octanol–water partition coefficient (Wildman–Crippen LogP) is 3.07. The SMILES string of the molecule is COc1ccc(N)cc1CNc1ncccc1OC(C)C. The first kappa shape index (κ1) is 15.0. The van der Waals surface area contributed by atoms with E-state index >= 15 is 0 Å². The van der Waals surface area contributed by atoms with Crippen molar-refractivity contribution in [2.75, 3.05) is 18.2 Å². The standard InChI is InChI=1S/C16H21N3O2/c1-11(2)21-15-5-4-8-18-16(15)19-10-12-9-13(17)6-7-14(12)20-3/h4-9,11H,10,17H2,1-3H3,(H,18,19). The van der Waals surface area contributed by atoms with Crippen molar-refractivity contribution >= 4 is 11.5 Å². The van der Waals surface area contributed by atoms with Gasteiger partial charge in [-0.1, -0.05) is 0 Å². The van der Waals surface area contributed by atoms with E-state index in [-0.39, 0.29) is 6.10 Å². The molecule has 0 radical (unpaired) electrons. The van der Waals surface area contributed by atoms with E-state index < -0.39 is 0 Å². The molecule has 2 rings (SSSR count). The highest BCUT2D eigenvalue weighted by molar-refractivity contribution is 5.53. The smallest absolute Gasteiger partial charge is 0.169 e. The van der Waals surface area contributed by atoms with Crippen LogP contribution in [0.1, 0.15) is 19.4 Å². The van der Waals surface area contributed by atoms with E-state index in [4.69, 9.17) is 15.2 Å². The van der Waals surface area contributed by atoms with Crippen molar-refractivity contribution < 1.29 is 9.47 Å². The maximum absolute atomic E-state index is 5.82. The summed E-state index contributed by atoms with van der Waals surface area (Å²) < 4.78 is 11.1. The molecule has 0 amide bonds. The first-order chi connectivity index (χ1) is 10.1. The Balaban J connectivity index is 2.15. The Morgan fingerprint density at radius 2 is 2.05 bits per heavy atom. The molecule has 2 aromatic rings. The number of nitrogens with zero attached hydrogens (tertiary/aromatic N) is 1. The highest BCUT2D eigenvalue weighted by atomic mass is 16.5. The first-order valence-electron chi connectivity index (χ1n) is 6.88. The number of rotatable bonds is 6. The summed E-state index contributed by atoms with van der Waals surface area (Å²) in [5.41, 5.74) is 7.50. The molecule has 0 saturated heterocycles. The van der Waals surface area contributed by atoms with Crippen molar-refractivity contribution in [1.29, 1.82) is 0 Å². The van der Waals surface area contributed by atoms with E-state index in [2.05, 4.69) is 10.3 Å². The van der Waals surface area contributed by atoms with Gasteiger partial charge in [-0.15, -0.1) is 0 Å². The molecule has 0 fully saturated rings. The molecular weight excluding hydrogens is 266 g/mol. The van der Waals surface area contributed by atoms with E-state index in [1.807, 2.05) is 44.2 Å². The molecule has 0 aliphatic heterocycles. The monoisotopic (exact) mass is 287 g/mol. The van der Waals surface area contributed by atoms with Crippen molar-refractivity contribution in [2.45, 2.75) is 26.5 Å². The van der Waals surface area contributed by atoms with Gasteiger partial charge in [-0.05, 0) is 44.2 Å². The molecule has 112 valence electrons. The van der Waals surface area contributed by atoms with E-state index in [1.165, 1.54) is 0 Å². The number of anilines is 2. The molecule has 5 nitrogen and oxygen atoms in total. The van der Waals surface area contributed by atoms with Crippen LogP contribution >= 0.6 is 0 Å². The van der Waals surface area contributed by atoms with Gasteiger partial charge in [0.25, 0.3) is 0 Å². The molecule has 0 saturated carbocycles. The second kappa shape index (κ2) is 6.83. The minimum Gasteiger partial charge on any atom is -0.496 e. The van der Waals surface area contributed by atoms with Gasteiger partial charge in [0.2, 0.25) is 0 Å². The van der Waals surface area contributed by atoms with Crippen LogP contribution in [-0.2, 0) is 6.54 Å². The van der Waals surface area contributed by atoms with E-state index in [9.17, 15) is 0 Å². The molecule has 1 aromatic heterocycles. The molecule has 0 atom stereocenters. The average molecular weight is 287 g/mol. The molecule has 0 aliphatic rings. The maximum atomic E-state index is 5.82. The Hall–Kier alpha value is -2.43. The molecule has 5 heteroatoms. The van der Waals surface area contributed by atoms with Crippen molar-refractivity contribution in [2.24, 2.45) is 0 Å². The van der Waals surface area contributed by atoms with Gasteiger partial charge in [-0.2, -0.15) is 0 Å². The van der Waals surface area contributed by atoms with Gasteiger partial charge in [0.15, 0.2) is 11.6 Å². The second-order valence-corrected chi connectivity index (χ2v) is 4.94. The highest BCUT2D eigenvalue weighted by Gasteiger charge is 2.08. The fourth-order valence-electron chi connectivity index (χ4n) is 1.99. The molecule has 1 heterocycles. The quantitative estimate of drug-likeness (QED) is 0.799. The zero-order valence-electron chi connectivity index (χ0n) is 12.6. The third-order valence-electron chi connectivity index (χ3n) is 2.88. The van der Waals surface area contributed by atoms with Crippen molar-refractivity contribution in [3.8, 4) is 11.5 Å². The van der Waals surface area contributed by atoms with Crippen LogP contribution in [-0.4, -0.2) is 18.2 Å². The van der Waals surface area contributed by atoms with Crippen LogP contribution < -0.4 is 20.5 Å². The van der Waals surface area contributed by atoms with Gasteiger partial charge >= 0.3 is 0 Å². The van der Waals surface area contributed by atoms with Crippen LogP contribution in [0.5, 0.6) is 11.5 Å². The van der Waals surface area contributed by atoms with Gasteiger partial charge in [0.1, 0.15) is 5.75 Å². The summed E-state index contributed by atoms with van der Waals surface area (Å²) in [6.45, 7) is 4.52. The number of hydrogen-bond acceptors (Lipinski definition) is 5. The fourth-order valence-corrected chi connectivity index (χ4v) is 1.99. The molecule has 3 N–H and O–H groups in total. The normalized spacial score (nSPS) is 10.5. The van der Waals surface area contributed by atoms with Gasteiger partial charge in [-0.25, -0.2) is 4.98 Å². The number of benzene rings is 1. The Morgan fingerprint density at radius 3 is 2.76 bits per heavy atom. The molecule has 21 heavy (non-hydrogen) atoms. The third kappa shape index (κ3) is 4.02. The highest BCUT2D eigenvalue weighted by Crippen LogP contribution is 2.25. The molecule has 0 spiro atoms. The first-order valence-corrected chi connectivity index (χ1v) is 6.88. The average Bonchev–Trinajstić information content (AvgIpc) is 2.46. The Labute approximate surface area is 125 Å². The Bertz CT molecular complexity index is 600. The predicted molar refractivity (Wildman–Crippen MR) is 84.7 cm³/mol. The Morgan fingerprint density at radius 1 is 1.24 bits per heavy atom. The van der Waals surface area contributed by atoms with E-state index in [0.29, 0.717) is 18.1 Å². The number of nitrogens with one attached hydrogen (secondary N) is 1. The number of methoxy groups -OCH3 is 1. The lowest BCUT2D eigenvalue weighted by atomic mass is 10.1. The van der Waals surface area contributed by atoms with Gasteiger partial charge in [0.05, 0.1) is 13.2 Å². The number of ether oxygens (including phenoxy) is 2. The summed E-state index contributed by atoms with van der Waals surface area (Å²) in [6, 6.07) is 9.31. The minimum atomic E-state index is 0.0941. The maximum Gasteiger partial charge on any atom is 0.169 e. The van der Waals surface area contributed by atoms with Gasteiger partial charge in [0, 0.05) is 24.0 Å². The van der Waals surface area contributed by atoms with Crippen LogP contribution in [0.2, 0.25) is 0 Å². The van der Waals surface area contributed by atoms with Crippen LogP contribution in [0.25, 0.3) is 0 Å². The van der Waals surface area contributed by atoms with Crippen molar-refractivity contribution in [3.05, 3.63) is 42.1 Å². The number of nitrogen functional groups attached to an aromatic ring is 1. The number of hydrogen-bond donors (Lipinski definition) is 2. The third-order valence-corrected chi connectivity index (χ3v) is 2.88. The molecule has 0 bridgehead atoms. The lowest BCUT2D eigenvalue weighted by molar-refractivity contribution is 0.243. The lowest BCUT2D eigenvalue weighted by Crippen LogP contribution is -2.10. The summed E-state index contributed by atoms with van der Waals surface area (Å²) in [5, 5.41) is 3.27. The topological polar surface area (TPSA) is 69.4 Å². The molecule has 1 aromatic carbocycles. The zero-order valence-corrected chi connectivity index (χ0v) is 12.6. The minimum absolute atomic E-state index is 0.0941. The summed E-state index contributed by atoms with van der Waals surface area (Å²) in [7, 11) is 1.64. The van der Waals surface area contributed by atoms with Gasteiger partial charge < -0.3 is 20.5 Å². The summed E-state index contributed by atoms with van der Waals surface area (Å²) in [6.07, 6.45) is 1.82. The van der Waals surface area contributed by atoms with E-state index in [1.54, 1.807) is 13.3 Å². The summed E-state index contributed by atoms with van der Waals surface area (Å²) >= 11 is 0. The Kier molecular flexibility index (Phi) is 4.87. The van der Waals surface area contributed by atoms with Crippen LogP contribution in [0.4, 0.5) is 11.5 Å². The van der Waals surface area contributed by atoms with Crippen molar-refractivity contribution in [3.63, 3.8) is 0 Å². The van der Waals surface area contributed by atoms with Gasteiger partial charge in [-0.3, -0.25) is 0 Å². The lowest BCUT2D eigenvalue weighted by Gasteiger charge is -2.15. The second-order valence-electron chi connectivity index (χ2n) is 4.94. The summed E-state index contributed by atoms with van der Waals surface area (Å²) in [5.74, 6) is 2.23. The largest absolute Gasteiger partial charge is 0.496 e. The van der Waals surface area contributed by atoms with E-state index in [0.717, 1.165) is 17.1 Å². The number of aromatic nitrogens is 1. The number of nitrogens with two attached hydrogens (primary N) is 1. The summed E-state index contributed by atoms with van der Waals surface area (Å²) in [4.78, 5) is 4.32. The van der Waals surface area contributed by atoms with Crippen LogP contribution in [0.3, 0.4) is 0 Å². The zero-order chi connectivity index (χ0) is 15.2. The van der Waals surface area contributed by atoms with Crippen LogP contribution in [0, 0.1) is 0 Å². The molecule has 0 unspecified atom stereocenters. The van der Waals surface area contributed by atoms with Crippen LogP contribution in [0.15, 0.2) is 36.5 Å². The molecular formula is C16H21N3O2. The molecule has 0 aliphatic carbocycles. The van der Waals surface area contributed by atoms with Crippen molar-refractivity contribution in [1.82, 2.24) is 4.98 Å².